The van der Waals surface area contributed by atoms with Gasteiger partial charge in [-0.05, 0) is 55.1 Å². The minimum absolute atomic E-state index is 0.762. The van der Waals surface area contributed by atoms with Crippen molar-refractivity contribution in [3.63, 3.8) is 0 Å². The molecule has 5 rings (SSSR count). The highest BCUT2D eigenvalue weighted by Gasteiger charge is 2.20. The predicted molar refractivity (Wildman–Crippen MR) is 130 cm³/mol. The highest BCUT2D eigenvalue weighted by atomic mass is 32.1. The molecule has 0 saturated carbocycles. The highest BCUT2D eigenvalue weighted by Crippen LogP contribution is 2.35. The van der Waals surface area contributed by atoms with Gasteiger partial charge in [-0.3, -0.25) is 4.90 Å². The minimum atomic E-state index is 0.762. The van der Waals surface area contributed by atoms with Gasteiger partial charge in [0.05, 0.1) is 19.3 Å². The van der Waals surface area contributed by atoms with Crippen LogP contribution in [0.1, 0.15) is 12.8 Å². The van der Waals surface area contributed by atoms with Crippen LogP contribution in [0.3, 0.4) is 0 Å². The molecule has 0 unspecified atom stereocenters. The van der Waals surface area contributed by atoms with Crippen LogP contribution in [0, 0.1) is 0 Å². The van der Waals surface area contributed by atoms with Gasteiger partial charge in [0.25, 0.3) is 0 Å². The van der Waals surface area contributed by atoms with Crippen LogP contribution in [0.2, 0.25) is 0 Å². The number of piperazine rings is 1. The number of hydrogen-bond donors (Lipinski definition) is 0. The number of hydrogen-bond acceptors (Lipinski definition) is 6. The van der Waals surface area contributed by atoms with Gasteiger partial charge in [0, 0.05) is 54.6 Å². The number of methoxy groups -OCH3 is 1. The van der Waals surface area contributed by atoms with Crippen molar-refractivity contribution in [1.82, 2.24) is 4.90 Å². The van der Waals surface area contributed by atoms with Gasteiger partial charge in [-0.2, -0.15) is 0 Å². The maximum absolute atomic E-state index is 5.81. The summed E-state index contributed by atoms with van der Waals surface area (Å²) in [6.07, 6.45) is 2.43. The molecule has 6 heteroatoms. The summed E-state index contributed by atoms with van der Waals surface area (Å²) >= 11 is 1.83. The number of thiophene rings is 1. The van der Waals surface area contributed by atoms with Crippen LogP contribution < -0.4 is 19.3 Å². The molecule has 0 atom stereocenters. The quantitative estimate of drug-likeness (QED) is 0.499. The summed E-state index contributed by atoms with van der Waals surface area (Å²) in [5.41, 5.74) is 2.57. The van der Waals surface area contributed by atoms with E-state index in [1.54, 1.807) is 7.11 Å². The second-order valence-corrected chi connectivity index (χ2v) is 9.26. The monoisotopic (exact) mass is 437 g/mol. The largest absolute Gasteiger partial charge is 0.497 e. The second kappa shape index (κ2) is 9.37. The molecule has 2 aromatic carbocycles. The van der Waals surface area contributed by atoms with Gasteiger partial charge in [0.1, 0.15) is 18.1 Å². The van der Waals surface area contributed by atoms with Crippen LogP contribution >= 0.6 is 11.3 Å². The normalized spacial score (nSPS) is 16.9. The molecule has 0 spiro atoms. The zero-order valence-electron chi connectivity index (χ0n) is 18.3. The van der Waals surface area contributed by atoms with Crippen molar-refractivity contribution >= 4 is 32.8 Å². The van der Waals surface area contributed by atoms with E-state index in [1.807, 2.05) is 23.5 Å². The van der Waals surface area contributed by atoms with E-state index in [9.17, 15) is 0 Å². The molecule has 31 heavy (non-hydrogen) atoms. The van der Waals surface area contributed by atoms with Gasteiger partial charge >= 0.3 is 0 Å². The molecule has 0 bridgehead atoms. The van der Waals surface area contributed by atoms with E-state index in [-0.39, 0.29) is 0 Å². The number of unbranched alkanes of at least 4 members (excludes halogenated alkanes) is 1. The van der Waals surface area contributed by atoms with Crippen LogP contribution in [0.15, 0.2) is 47.8 Å². The summed E-state index contributed by atoms with van der Waals surface area (Å²) in [5.74, 6) is 1.87. The number of ether oxygens (including phenoxy) is 2. The number of fused-ring (bicyclic) bond motifs is 2. The first-order valence-electron chi connectivity index (χ1n) is 11.3. The average molecular weight is 438 g/mol. The Balaban J connectivity index is 1.09. The first-order chi connectivity index (χ1) is 15.3. The van der Waals surface area contributed by atoms with Crippen molar-refractivity contribution in [1.29, 1.82) is 0 Å². The molecule has 164 valence electrons. The third-order valence-corrected chi connectivity index (χ3v) is 7.35. The molecule has 0 amide bonds. The van der Waals surface area contributed by atoms with Crippen LogP contribution in [-0.4, -0.2) is 64.4 Å². The van der Waals surface area contributed by atoms with Crippen molar-refractivity contribution < 1.29 is 9.47 Å². The van der Waals surface area contributed by atoms with Crippen LogP contribution in [0.4, 0.5) is 11.4 Å². The molecule has 1 saturated heterocycles. The lowest BCUT2D eigenvalue weighted by Gasteiger charge is -2.36. The Labute approximate surface area is 188 Å². The lowest BCUT2D eigenvalue weighted by Crippen LogP contribution is -2.46. The predicted octanol–water partition coefficient (Wildman–Crippen LogP) is 4.71. The maximum Gasteiger partial charge on any atom is 0.142 e. The SMILES string of the molecule is COc1ccc2c(c1)N(CCCCN1CCN(c3cccc4sccc34)CC1)CCO2. The Morgan fingerprint density at radius 1 is 0.935 bits per heavy atom. The van der Waals surface area contributed by atoms with Gasteiger partial charge < -0.3 is 19.3 Å². The van der Waals surface area contributed by atoms with Crippen molar-refractivity contribution in [2.75, 3.05) is 69.3 Å². The van der Waals surface area contributed by atoms with Gasteiger partial charge in [-0.15, -0.1) is 11.3 Å². The number of benzene rings is 2. The Hall–Kier alpha value is -2.44. The molecule has 3 aromatic rings. The summed E-state index contributed by atoms with van der Waals surface area (Å²) in [5, 5.41) is 3.61. The number of anilines is 2. The van der Waals surface area contributed by atoms with Crippen molar-refractivity contribution in [3.8, 4) is 11.5 Å². The highest BCUT2D eigenvalue weighted by molar-refractivity contribution is 7.17. The molecule has 5 nitrogen and oxygen atoms in total. The van der Waals surface area contributed by atoms with E-state index in [4.69, 9.17) is 9.47 Å². The molecule has 2 aliphatic rings. The lowest BCUT2D eigenvalue weighted by molar-refractivity contribution is 0.252. The fourth-order valence-electron chi connectivity index (χ4n) is 4.72. The van der Waals surface area contributed by atoms with E-state index in [1.165, 1.54) is 40.8 Å². The lowest BCUT2D eigenvalue weighted by atomic mass is 10.1. The molecule has 1 aromatic heterocycles. The zero-order chi connectivity index (χ0) is 21.0. The summed E-state index contributed by atoms with van der Waals surface area (Å²) < 4.78 is 12.6. The van der Waals surface area contributed by atoms with Gasteiger partial charge in [0.2, 0.25) is 0 Å². The summed E-state index contributed by atoms with van der Waals surface area (Å²) in [6.45, 7) is 8.51. The van der Waals surface area contributed by atoms with Gasteiger partial charge in [0.15, 0.2) is 0 Å². The van der Waals surface area contributed by atoms with Crippen molar-refractivity contribution in [2.45, 2.75) is 12.8 Å². The topological polar surface area (TPSA) is 28.2 Å². The number of rotatable bonds is 7. The summed E-state index contributed by atoms with van der Waals surface area (Å²) in [7, 11) is 1.72. The molecule has 0 radical (unpaired) electrons. The Bertz CT molecular complexity index is 1010. The first kappa shape index (κ1) is 20.5. The van der Waals surface area contributed by atoms with Gasteiger partial charge in [-0.25, -0.2) is 0 Å². The van der Waals surface area contributed by atoms with Crippen LogP contribution in [-0.2, 0) is 0 Å². The smallest absolute Gasteiger partial charge is 0.142 e. The first-order valence-corrected chi connectivity index (χ1v) is 12.2. The molecule has 1 fully saturated rings. The molecule has 0 N–H and O–H groups in total. The Morgan fingerprint density at radius 2 is 1.81 bits per heavy atom. The van der Waals surface area contributed by atoms with E-state index in [0.29, 0.717) is 0 Å². The second-order valence-electron chi connectivity index (χ2n) is 8.31. The Morgan fingerprint density at radius 3 is 2.68 bits per heavy atom. The zero-order valence-corrected chi connectivity index (χ0v) is 19.1. The third-order valence-electron chi connectivity index (χ3n) is 6.46. The number of nitrogens with zero attached hydrogens (tertiary/aromatic N) is 3. The standard InChI is InChI=1S/C25H31N3O2S/c1-29-20-7-8-24-23(19-20)27(16-17-30-24)11-3-2-10-26-12-14-28(15-13-26)22-5-4-6-25-21(22)9-18-31-25/h4-9,18-19H,2-3,10-17H2,1H3. The molecule has 0 aliphatic carbocycles. The summed E-state index contributed by atoms with van der Waals surface area (Å²) in [4.78, 5) is 7.63. The Kier molecular flexibility index (Phi) is 6.18. The summed E-state index contributed by atoms with van der Waals surface area (Å²) in [6, 6.07) is 15.1. The molecule has 2 aliphatic heterocycles. The molecule has 3 heterocycles. The van der Waals surface area contributed by atoms with E-state index in [2.05, 4.69) is 50.4 Å². The van der Waals surface area contributed by atoms with Gasteiger partial charge in [-0.1, -0.05) is 6.07 Å². The fourth-order valence-corrected chi connectivity index (χ4v) is 5.52. The fraction of sp³-hybridized carbons (Fsp3) is 0.440. The van der Waals surface area contributed by atoms with Crippen LogP contribution in [0.5, 0.6) is 11.5 Å². The van der Waals surface area contributed by atoms with Crippen LogP contribution in [0.25, 0.3) is 10.1 Å². The van der Waals surface area contributed by atoms with E-state index >= 15 is 0 Å². The van der Waals surface area contributed by atoms with E-state index in [0.717, 1.165) is 57.4 Å². The minimum Gasteiger partial charge on any atom is -0.497 e. The average Bonchev–Trinajstić information content (AvgIpc) is 3.31. The molecular weight excluding hydrogens is 406 g/mol. The third kappa shape index (κ3) is 4.46. The maximum atomic E-state index is 5.81. The van der Waals surface area contributed by atoms with E-state index < -0.39 is 0 Å². The molecular formula is C25H31N3O2S. The van der Waals surface area contributed by atoms with Crippen molar-refractivity contribution in [2.24, 2.45) is 0 Å². The van der Waals surface area contributed by atoms with Crippen molar-refractivity contribution in [3.05, 3.63) is 47.8 Å².